The second-order valence-corrected chi connectivity index (χ2v) is 12.2. The molecule has 0 spiro atoms. The number of phosphoric acid groups is 3. The van der Waals surface area contributed by atoms with Gasteiger partial charge in [-0.15, -0.1) is 0 Å². The van der Waals surface area contributed by atoms with Crippen molar-refractivity contribution in [1.82, 2.24) is 14.9 Å². The molecule has 2 heterocycles. The highest BCUT2D eigenvalue weighted by molar-refractivity contribution is 7.66. The standard InChI is InChI=1S/C17H22N3O16P3/c21-12-11(8-33-38(29,30)36-39(31,32)35-37(26,27)28)34-16(13(12)22)20-7-10(15(24)19-17(20)25)14(23)18-6-9-4-2-1-3-5-9/h1-5,7,11-13,16,21-22H,6,8H2,(H,18,23)(H,29,30)(H,31,32)(H,19,24,25)(H2,26,27,28)/t11-,12-,13-,16-/m1/s1. The maximum atomic E-state index is 12.5. The van der Waals surface area contributed by atoms with Gasteiger partial charge in [-0.3, -0.25) is 23.7 Å². The minimum Gasteiger partial charge on any atom is -0.387 e. The summed E-state index contributed by atoms with van der Waals surface area (Å²) in [5.74, 6) is -0.897. The van der Waals surface area contributed by atoms with E-state index in [9.17, 15) is 48.1 Å². The number of hydrogen-bond acceptors (Lipinski definition) is 12. The smallest absolute Gasteiger partial charge is 0.387 e. The fraction of sp³-hybridized carbons (Fsp3) is 0.353. The van der Waals surface area contributed by atoms with Gasteiger partial charge >= 0.3 is 29.2 Å². The zero-order chi connectivity index (χ0) is 29.2. The van der Waals surface area contributed by atoms with Crippen LogP contribution < -0.4 is 16.6 Å². The fourth-order valence-electron chi connectivity index (χ4n) is 3.28. The van der Waals surface area contributed by atoms with E-state index in [0.29, 0.717) is 10.1 Å². The monoisotopic (exact) mass is 617 g/mol. The molecular weight excluding hydrogens is 595 g/mol. The van der Waals surface area contributed by atoms with Crippen LogP contribution in [-0.2, 0) is 38.1 Å². The summed E-state index contributed by atoms with van der Waals surface area (Å²) in [6.07, 6.45) is -6.56. The lowest BCUT2D eigenvalue weighted by Gasteiger charge is -2.19. The van der Waals surface area contributed by atoms with Gasteiger partial charge in [0.15, 0.2) is 6.23 Å². The molecule has 39 heavy (non-hydrogen) atoms. The molecule has 6 atom stereocenters. The van der Waals surface area contributed by atoms with Gasteiger partial charge in [0.25, 0.3) is 11.5 Å². The number of H-pyrrole nitrogens is 1. The molecule has 1 saturated heterocycles. The second kappa shape index (κ2) is 12.0. The van der Waals surface area contributed by atoms with Crippen molar-refractivity contribution in [2.45, 2.75) is 31.1 Å². The summed E-state index contributed by atoms with van der Waals surface area (Å²) in [6, 6.07) is 8.61. The number of nitrogens with one attached hydrogen (secondary N) is 2. The van der Waals surface area contributed by atoms with Gasteiger partial charge in [0.2, 0.25) is 0 Å². The van der Waals surface area contributed by atoms with E-state index in [-0.39, 0.29) is 6.54 Å². The molecule has 19 nitrogen and oxygen atoms in total. The minimum atomic E-state index is -5.81. The average molecular weight is 617 g/mol. The van der Waals surface area contributed by atoms with E-state index in [1.54, 1.807) is 30.3 Å². The summed E-state index contributed by atoms with van der Waals surface area (Å²) in [5.41, 5.74) is -2.09. The van der Waals surface area contributed by atoms with Gasteiger partial charge in [0, 0.05) is 12.7 Å². The number of rotatable bonds is 11. The van der Waals surface area contributed by atoms with Crippen molar-refractivity contribution in [2.24, 2.45) is 0 Å². The van der Waals surface area contributed by atoms with Crippen LogP contribution >= 0.6 is 23.5 Å². The topological polar surface area (TPSA) is 293 Å². The molecule has 3 rings (SSSR count). The predicted octanol–water partition coefficient (Wildman–Crippen LogP) is -1.57. The van der Waals surface area contributed by atoms with Crippen LogP contribution in [0.4, 0.5) is 0 Å². The van der Waals surface area contributed by atoms with E-state index in [0.717, 1.165) is 6.20 Å². The minimum absolute atomic E-state index is 0.0299. The molecule has 1 amide bonds. The van der Waals surface area contributed by atoms with Crippen LogP contribution in [0.5, 0.6) is 0 Å². The Balaban J connectivity index is 1.72. The molecule has 2 unspecified atom stereocenters. The van der Waals surface area contributed by atoms with Crippen molar-refractivity contribution >= 4 is 29.4 Å². The molecule has 22 heteroatoms. The maximum absolute atomic E-state index is 12.5. The number of aromatic nitrogens is 2. The molecule has 2 aromatic rings. The fourth-order valence-corrected chi connectivity index (χ4v) is 6.31. The van der Waals surface area contributed by atoms with Gasteiger partial charge in [-0.05, 0) is 5.56 Å². The van der Waals surface area contributed by atoms with E-state index < -0.39 is 77.3 Å². The first kappa shape index (κ1) is 31.2. The number of carbonyl (C=O) groups excluding carboxylic acids is 1. The lowest BCUT2D eigenvalue weighted by atomic mass is 10.1. The van der Waals surface area contributed by atoms with E-state index in [1.807, 2.05) is 4.98 Å². The van der Waals surface area contributed by atoms with Crippen LogP contribution in [0, 0.1) is 0 Å². The van der Waals surface area contributed by atoms with Gasteiger partial charge < -0.3 is 39.8 Å². The van der Waals surface area contributed by atoms with E-state index in [4.69, 9.17) is 14.5 Å². The molecular formula is C17H22N3O16P3. The highest BCUT2D eigenvalue weighted by Gasteiger charge is 2.47. The highest BCUT2D eigenvalue weighted by Crippen LogP contribution is 2.66. The number of benzene rings is 1. The molecule has 0 saturated carbocycles. The molecule has 1 aliphatic heterocycles. The first-order valence-corrected chi connectivity index (χ1v) is 15.0. The molecule has 0 radical (unpaired) electrons. The van der Waals surface area contributed by atoms with Gasteiger partial charge in [0.05, 0.1) is 6.61 Å². The first-order valence-electron chi connectivity index (χ1n) is 10.5. The Labute approximate surface area is 217 Å². The van der Waals surface area contributed by atoms with Crippen molar-refractivity contribution in [1.29, 1.82) is 0 Å². The summed E-state index contributed by atoms with van der Waals surface area (Å²) in [6.45, 7) is -1.11. The number of aliphatic hydroxyl groups is 2. The number of phosphoric ester groups is 1. The van der Waals surface area contributed by atoms with E-state index >= 15 is 0 Å². The van der Waals surface area contributed by atoms with Crippen molar-refractivity contribution in [2.75, 3.05) is 6.61 Å². The zero-order valence-electron chi connectivity index (χ0n) is 19.2. The predicted molar refractivity (Wildman–Crippen MR) is 125 cm³/mol. The third-order valence-corrected chi connectivity index (χ3v) is 8.74. The molecule has 0 aliphatic carbocycles. The Morgan fingerprint density at radius 2 is 1.64 bits per heavy atom. The number of ether oxygens (including phenoxy) is 1. The average Bonchev–Trinajstić information content (AvgIpc) is 3.08. The van der Waals surface area contributed by atoms with Crippen molar-refractivity contribution < 1.29 is 66.2 Å². The summed E-state index contributed by atoms with van der Waals surface area (Å²) in [4.78, 5) is 74.8. The number of nitrogens with zero attached hydrogens (tertiary/aromatic N) is 1. The lowest BCUT2D eigenvalue weighted by Crippen LogP contribution is -2.41. The van der Waals surface area contributed by atoms with Gasteiger partial charge in [0.1, 0.15) is 23.9 Å². The normalized spacial score (nSPS) is 24.6. The largest absolute Gasteiger partial charge is 0.490 e. The van der Waals surface area contributed by atoms with Gasteiger partial charge in [-0.1, -0.05) is 30.3 Å². The Hall–Kier alpha value is -2.34. The highest BCUT2D eigenvalue weighted by atomic mass is 31.3. The summed E-state index contributed by atoms with van der Waals surface area (Å²) in [5, 5.41) is 23.1. The van der Waals surface area contributed by atoms with Crippen molar-refractivity contribution in [3.8, 4) is 0 Å². The quantitative estimate of drug-likeness (QED) is 0.132. The Morgan fingerprint density at radius 1 is 1.00 bits per heavy atom. The van der Waals surface area contributed by atoms with Crippen molar-refractivity contribution in [3.05, 3.63) is 68.5 Å². The van der Waals surface area contributed by atoms with Crippen LogP contribution in [0.25, 0.3) is 0 Å². The summed E-state index contributed by atoms with van der Waals surface area (Å²) in [7, 11) is -17.0. The number of aliphatic hydroxyl groups excluding tert-OH is 2. The second-order valence-electron chi connectivity index (χ2n) is 7.81. The van der Waals surface area contributed by atoms with E-state index in [1.165, 1.54) is 0 Å². The summed E-state index contributed by atoms with van der Waals surface area (Å²) >= 11 is 0. The Bertz CT molecular complexity index is 1460. The molecule has 1 aromatic heterocycles. The van der Waals surface area contributed by atoms with Gasteiger partial charge in [-0.2, -0.15) is 8.62 Å². The van der Waals surface area contributed by atoms with Gasteiger partial charge in [-0.25, -0.2) is 18.5 Å². The molecule has 8 N–H and O–H groups in total. The first-order chi connectivity index (χ1) is 18.0. The SMILES string of the molecule is O=C(NCc1ccccc1)c1cn([C@@H]2O[C@H](COP(=O)(O)OP(=O)(O)OP(=O)(O)O)[C@@H](O)[C@H]2O)c(=O)[nH]c1=O. The third-order valence-electron chi connectivity index (χ3n) is 4.94. The molecule has 1 fully saturated rings. The van der Waals surface area contributed by atoms with E-state index in [2.05, 4.69) is 18.5 Å². The Morgan fingerprint density at radius 3 is 2.26 bits per heavy atom. The number of carbonyl (C=O) groups is 1. The zero-order valence-corrected chi connectivity index (χ0v) is 21.9. The molecule has 1 aromatic carbocycles. The van der Waals surface area contributed by atoms with Crippen LogP contribution in [0.3, 0.4) is 0 Å². The third kappa shape index (κ3) is 8.57. The maximum Gasteiger partial charge on any atom is 0.490 e. The van der Waals surface area contributed by atoms with Crippen LogP contribution in [0.1, 0.15) is 22.1 Å². The van der Waals surface area contributed by atoms with Crippen LogP contribution in [0.15, 0.2) is 46.1 Å². The van der Waals surface area contributed by atoms with Crippen molar-refractivity contribution in [3.63, 3.8) is 0 Å². The molecule has 0 bridgehead atoms. The number of hydrogen-bond donors (Lipinski definition) is 8. The number of aromatic amines is 1. The van der Waals surface area contributed by atoms with Crippen LogP contribution in [-0.4, -0.2) is 70.2 Å². The lowest BCUT2D eigenvalue weighted by molar-refractivity contribution is -0.0543. The van der Waals surface area contributed by atoms with Crippen LogP contribution in [0.2, 0.25) is 0 Å². The number of amides is 1. The summed E-state index contributed by atoms with van der Waals surface area (Å²) < 4.78 is 51.3. The molecule has 1 aliphatic rings. The molecule has 216 valence electrons. The Kier molecular flexibility index (Phi) is 9.63.